The summed E-state index contributed by atoms with van der Waals surface area (Å²) in [5.41, 5.74) is 8.50. The van der Waals surface area contributed by atoms with E-state index in [0.29, 0.717) is 0 Å². The molecule has 39 heavy (non-hydrogen) atoms. The molecule has 0 aliphatic heterocycles. The van der Waals surface area contributed by atoms with Gasteiger partial charge in [0, 0.05) is 31.3 Å². The fraction of sp³-hybridized carbons (Fsp3) is 0. The van der Waals surface area contributed by atoms with Crippen molar-refractivity contribution in [1.29, 1.82) is 0 Å². The van der Waals surface area contributed by atoms with Gasteiger partial charge in [-0.15, -0.1) is 11.3 Å². The van der Waals surface area contributed by atoms with E-state index in [4.69, 9.17) is 11.6 Å². The van der Waals surface area contributed by atoms with Crippen LogP contribution < -0.4 is 0 Å². The number of nitrogens with zero attached hydrogens (tertiary/aromatic N) is 1. The Morgan fingerprint density at radius 2 is 1.15 bits per heavy atom. The van der Waals surface area contributed by atoms with E-state index in [0.717, 1.165) is 5.02 Å². The van der Waals surface area contributed by atoms with Crippen LogP contribution in [0.15, 0.2) is 133 Å². The maximum Gasteiger partial charge on any atom is 0.0640 e. The SMILES string of the molecule is Clc1ccc2c(c1)sc1c(-n3c4ccc(-c5ccccc5)cc4c4ccc(-c5ccccc5)cc43)cccc12. The molecule has 0 atom stereocenters. The van der Waals surface area contributed by atoms with Crippen molar-refractivity contribution >= 4 is 64.9 Å². The van der Waals surface area contributed by atoms with Crippen LogP contribution in [0.5, 0.6) is 0 Å². The largest absolute Gasteiger partial charge is 0.308 e. The molecule has 0 fully saturated rings. The van der Waals surface area contributed by atoms with Crippen molar-refractivity contribution in [3.63, 3.8) is 0 Å². The lowest BCUT2D eigenvalue weighted by molar-refractivity contribution is 1.20. The Morgan fingerprint density at radius 3 is 1.92 bits per heavy atom. The molecule has 0 aliphatic carbocycles. The van der Waals surface area contributed by atoms with Gasteiger partial charge < -0.3 is 4.57 Å². The summed E-state index contributed by atoms with van der Waals surface area (Å²) < 4.78 is 4.93. The summed E-state index contributed by atoms with van der Waals surface area (Å²) in [6.07, 6.45) is 0. The van der Waals surface area contributed by atoms with E-state index in [1.54, 1.807) is 0 Å². The van der Waals surface area contributed by atoms with Crippen LogP contribution in [0.1, 0.15) is 0 Å². The van der Waals surface area contributed by atoms with Crippen LogP contribution in [0.3, 0.4) is 0 Å². The smallest absolute Gasteiger partial charge is 0.0640 e. The Bertz CT molecular complexity index is 2170. The molecule has 1 nitrogen and oxygen atoms in total. The summed E-state index contributed by atoms with van der Waals surface area (Å²) >= 11 is 8.20. The van der Waals surface area contributed by atoms with Gasteiger partial charge in [-0.1, -0.05) is 109 Å². The first kappa shape index (κ1) is 22.6. The Kier molecular flexibility index (Phi) is 5.12. The van der Waals surface area contributed by atoms with Gasteiger partial charge in [0.15, 0.2) is 0 Å². The highest BCUT2D eigenvalue weighted by molar-refractivity contribution is 7.26. The Balaban J connectivity index is 1.47. The highest BCUT2D eigenvalue weighted by atomic mass is 35.5. The molecule has 0 saturated carbocycles. The van der Waals surface area contributed by atoms with Crippen molar-refractivity contribution in [2.24, 2.45) is 0 Å². The second kappa shape index (κ2) is 8.84. The summed E-state index contributed by atoms with van der Waals surface area (Å²) in [7, 11) is 0. The Labute approximate surface area is 235 Å². The number of benzene rings is 6. The van der Waals surface area contributed by atoms with Gasteiger partial charge >= 0.3 is 0 Å². The van der Waals surface area contributed by atoms with E-state index in [1.807, 2.05) is 17.4 Å². The minimum atomic E-state index is 0.772. The molecule has 8 aromatic rings. The number of halogens is 1. The van der Waals surface area contributed by atoms with Crippen molar-refractivity contribution in [3.05, 3.63) is 138 Å². The molecule has 0 bridgehead atoms. The fourth-order valence-electron chi connectivity index (χ4n) is 5.83. The molecule has 0 aliphatic rings. The van der Waals surface area contributed by atoms with E-state index in [2.05, 4.69) is 132 Å². The molecule has 0 N–H and O–H groups in total. The average Bonchev–Trinajstić information content (AvgIpc) is 3.52. The molecular weight excluding hydrogens is 514 g/mol. The summed E-state index contributed by atoms with van der Waals surface area (Å²) in [6, 6.07) is 47.9. The van der Waals surface area contributed by atoms with Gasteiger partial charge in [0.05, 0.1) is 21.4 Å². The number of aromatic nitrogens is 1. The van der Waals surface area contributed by atoms with E-state index in [1.165, 1.54) is 69.9 Å². The number of hydrogen-bond acceptors (Lipinski definition) is 1. The van der Waals surface area contributed by atoms with Gasteiger partial charge in [0.2, 0.25) is 0 Å². The van der Waals surface area contributed by atoms with Crippen molar-refractivity contribution in [2.45, 2.75) is 0 Å². The third-order valence-electron chi connectivity index (χ3n) is 7.66. The second-order valence-corrected chi connectivity index (χ2v) is 11.4. The molecule has 8 rings (SSSR count). The number of fused-ring (bicyclic) bond motifs is 6. The van der Waals surface area contributed by atoms with E-state index in [9.17, 15) is 0 Å². The highest BCUT2D eigenvalue weighted by Gasteiger charge is 2.18. The first-order chi connectivity index (χ1) is 19.2. The molecule has 0 unspecified atom stereocenters. The lowest BCUT2D eigenvalue weighted by atomic mass is 10.0. The van der Waals surface area contributed by atoms with Crippen LogP contribution in [0.2, 0.25) is 5.02 Å². The summed E-state index contributed by atoms with van der Waals surface area (Å²) in [5, 5.41) is 5.79. The third kappa shape index (κ3) is 3.60. The zero-order valence-corrected chi connectivity index (χ0v) is 22.5. The zero-order chi connectivity index (χ0) is 25.9. The summed E-state index contributed by atoms with van der Waals surface area (Å²) in [6.45, 7) is 0. The van der Waals surface area contributed by atoms with Crippen LogP contribution in [0.25, 0.3) is 69.9 Å². The Morgan fingerprint density at radius 1 is 0.462 bits per heavy atom. The van der Waals surface area contributed by atoms with Gasteiger partial charge in [-0.2, -0.15) is 0 Å². The molecule has 2 aromatic heterocycles. The van der Waals surface area contributed by atoms with Crippen LogP contribution in [0, 0.1) is 0 Å². The van der Waals surface area contributed by atoms with E-state index >= 15 is 0 Å². The Hall–Kier alpha value is -4.37. The van der Waals surface area contributed by atoms with Crippen molar-refractivity contribution in [3.8, 4) is 27.9 Å². The molecule has 0 amide bonds. The standard InChI is InChI=1S/C36H22ClNS/c37-27-16-18-29-30-12-7-13-33(36(30)39-35(29)22-27)38-32-19-15-25(23-8-3-1-4-9-23)20-31(32)28-17-14-26(21-34(28)38)24-10-5-2-6-11-24/h1-22H. The van der Waals surface area contributed by atoms with Gasteiger partial charge in [-0.3, -0.25) is 0 Å². The quantitative estimate of drug-likeness (QED) is 0.212. The molecule has 0 saturated heterocycles. The molecule has 184 valence electrons. The van der Waals surface area contributed by atoms with Gasteiger partial charge in [-0.25, -0.2) is 0 Å². The first-order valence-corrected chi connectivity index (χ1v) is 14.2. The zero-order valence-electron chi connectivity index (χ0n) is 20.9. The van der Waals surface area contributed by atoms with Gasteiger partial charge in [-0.05, 0) is 58.7 Å². The number of hydrogen-bond donors (Lipinski definition) is 0. The number of thiophene rings is 1. The topological polar surface area (TPSA) is 4.93 Å². The monoisotopic (exact) mass is 535 g/mol. The maximum atomic E-state index is 6.38. The van der Waals surface area contributed by atoms with E-state index in [-0.39, 0.29) is 0 Å². The second-order valence-electron chi connectivity index (χ2n) is 9.93. The molecular formula is C36H22ClNS. The van der Waals surface area contributed by atoms with Gasteiger partial charge in [0.25, 0.3) is 0 Å². The van der Waals surface area contributed by atoms with Crippen LogP contribution in [-0.2, 0) is 0 Å². The highest BCUT2D eigenvalue weighted by Crippen LogP contribution is 2.42. The summed E-state index contributed by atoms with van der Waals surface area (Å²) in [4.78, 5) is 0. The number of rotatable bonds is 3. The lowest BCUT2D eigenvalue weighted by Gasteiger charge is -2.11. The van der Waals surface area contributed by atoms with Crippen LogP contribution in [0.4, 0.5) is 0 Å². The lowest BCUT2D eigenvalue weighted by Crippen LogP contribution is -1.94. The predicted molar refractivity (Wildman–Crippen MR) is 170 cm³/mol. The molecule has 6 aromatic carbocycles. The first-order valence-electron chi connectivity index (χ1n) is 13.0. The minimum absolute atomic E-state index is 0.772. The molecule has 0 radical (unpaired) electrons. The van der Waals surface area contributed by atoms with Crippen molar-refractivity contribution in [2.75, 3.05) is 0 Å². The average molecular weight is 536 g/mol. The fourth-order valence-corrected chi connectivity index (χ4v) is 7.32. The van der Waals surface area contributed by atoms with Crippen molar-refractivity contribution in [1.82, 2.24) is 4.57 Å². The van der Waals surface area contributed by atoms with Crippen LogP contribution in [-0.4, -0.2) is 4.57 Å². The maximum absolute atomic E-state index is 6.38. The predicted octanol–water partition coefficient (Wildman–Crippen LogP) is 11.1. The third-order valence-corrected chi connectivity index (χ3v) is 9.09. The molecule has 2 heterocycles. The van der Waals surface area contributed by atoms with Crippen molar-refractivity contribution < 1.29 is 0 Å². The summed E-state index contributed by atoms with van der Waals surface area (Å²) in [5.74, 6) is 0. The molecule has 3 heteroatoms. The van der Waals surface area contributed by atoms with Crippen LogP contribution >= 0.6 is 22.9 Å². The van der Waals surface area contributed by atoms with Gasteiger partial charge in [0.1, 0.15) is 0 Å². The molecule has 0 spiro atoms. The normalized spacial score (nSPS) is 11.7. The van der Waals surface area contributed by atoms with E-state index < -0.39 is 0 Å². The minimum Gasteiger partial charge on any atom is -0.308 e.